The lowest BCUT2D eigenvalue weighted by Crippen LogP contribution is -2.37. The molecule has 0 bridgehead atoms. The maximum atomic E-state index is 5.52. The van der Waals surface area contributed by atoms with Crippen molar-refractivity contribution >= 4 is 5.96 Å². The summed E-state index contributed by atoms with van der Waals surface area (Å²) in [5.41, 5.74) is 1.25. The Kier molecular flexibility index (Phi) is 8.54. The van der Waals surface area contributed by atoms with E-state index < -0.39 is 0 Å². The summed E-state index contributed by atoms with van der Waals surface area (Å²) in [5.74, 6) is 0.836. The van der Waals surface area contributed by atoms with E-state index in [9.17, 15) is 0 Å². The van der Waals surface area contributed by atoms with Gasteiger partial charge in [0.05, 0.1) is 0 Å². The van der Waals surface area contributed by atoms with Crippen LogP contribution in [0.15, 0.2) is 23.5 Å². The van der Waals surface area contributed by atoms with Crippen molar-refractivity contribution in [3.05, 3.63) is 24.0 Å². The molecule has 20 heavy (non-hydrogen) atoms. The van der Waals surface area contributed by atoms with Gasteiger partial charge in [-0.1, -0.05) is 13.3 Å². The molecule has 0 spiro atoms. The summed E-state index contributed by atoms with van der Waals surface area (Å²) in [6, 6.07) is 2.10. The fraction of sp³-hybridized carbons (Fsp3) is 0.667. The molecule has 1 rings (SSSR count). The molecule has 0 aromatic carbocycles. The Balaban J connectivity index is 2.08. The topological polar surface area (TPSA) is 50.6 Å². The van der Waals surface area contributed by atoms with E-state index in [-0.39, 0.29) is 0 Å². The van der Waals surface area contributed by atoms with Crippen LogP contribution >= 0.6 is 0 Å². The highest BCUT2D eigenvalue weighted by molar-refractivity contribution is 5.79. The quantitative estimate of drug-likeness (QED) is 0.413. The molecule has 0 unspecified atom stereocenters. The molecule has 1 aromatic rings. The summed E-state index contributed by atoms with van der Waals surface area (Å²) in [5, 5.41) is 6.58. The summed E-state index contributed by atoms with van der Waals surface area (Å²) < 4.78 is 7.56. The minimum absolute atomic E-state index is 0.785. The van der Waals surface area contributed by atoms with Gasteiger partial charge in [0, 0.05) is 52.8 Å². The second-order valence-electron chi connectivity index (χ2n) is 4.86. The predicted molar refractivity (Wildman–Crippen MR) is 84.0 cm³/mol. The molecule has 0 aliphatic rings. The Morgan fingerprint density at radius 1 is 1.30 bits per heavy atom. The third-order valence-electron chi connectivity index (χ3n) is 2.98. The van der Waals surface area contributed by atoms with Crippen LogP contribution in [-0.4, -0.2) is 37.3 Å². The van der Waals surface area contributed by atoms with E-state index in [1.54, 1.807) is 7.05 Å². The average Bonchev–Trinajstić information content (AvgIpc) is 2.87. The van der Waals surface area contributed by atoms with Crippen LogP contribution < -0.4 is 10.6 Å². The largest absolute Gasteiger partial charge is 0.381 e. The monoisotopic (exact) mass is 280 g/mol. The SMILES string of the molecule is CCCCOCCCNC(=NC)NCc1ccn(C)c1. The van der Waals surface area contributed by atoms with E-state index in [1.165, 1.54) is 12.0 Å². The summed E-state index contributed by atoms with van der Waals surface area (Å²) in [7, 11) is 3.81. The number of nitrogens with zero attached hydrogens (tertiary/aromatic N) is 2. The van der Waals surface area contributed by atoms with Gasteiger partial charge < -0.3 is 19.9 Å². The molecule has 114 valence electrons. The first-order valence-electron chi connectivity index (χ1n) is 7.39. The molecular weight excluding hydrogens is 252 g/mol. The number of hydrogen-bond acceptors (Lipinski definition) is 2. The summed E-state index contributed by atoms with van der Waals surface area (Å²) in [6.07, 6.45) is 7.47. The molecule has 0 aliphatic carbocycles. The van der Waals surface area contributed by atoms with E-state index in [1.807, 2.05) is 17.8 Å². The number of aromatic nitrogens is 1. The second kappa shape index (κ2) is 10.3. The van der Waals surface area contributed by atoms with E-state index in [2.05, 4.69) is 34.8 Å². The zero-order valence-electron chi connectivity index (χ0n) is 13.0. The number of guanidine groups is 1. The zero-order chi connectivity index (χ0) is 14.6. The van der Waals surface area contributed by atoms with Gasteiger partial charge in [-0.3, -0.25) is 4.99 Å². The van der Waals surface area contributed by atoms with Crippen molar-refractivity contribution in [2.45, 2.75) is 32.7 Å². The molecule has 0 saturated carbocycles. The molecule has 2 N–H and O–H groups in total. The lowest BCUT2D eigenvalue weighted by Gasteiger charge is -2.11. The van der Waals surface area contributed by atoms with Crippen molar-refractivity contribution < 1.29 is 4.74 Å². The van der Waals surface area contributed by atoms with Crippen LogP contribution in [-0.2, 0) is 18.3 Å². The number of rotatable bonds is 9. The Bertz CT molecular complexity index is 387. The number of nitrogens with one attached hydrogen (secondary N) is 2. The van der Waals surface area contributed by atoms with Gasteiger partial charge in [-0.2, -0.15) is 0 Å². The normalized spacial score (nSPS) is 11.7. The first-order valence-corrected chi connectivity index (χ1v) is 7.39. The fourth-order valence-electron chi connectivity index (χ4n) is 1.80. The summed E-state index contributed by atoms with van der Waals surface area (Å²) in [6.45, 7) is 5.52. The molecule has 0 radical (unpaired) electrons. The minimum atomic E-state index is 0.785. The van der Waals surface area contributed by atoms with Crippen molar-refractivity contribution in [3.8, 4) is 0 Å². The molecule has 0 amide bonds. The number of aryl methyl sites for hydroxylation is 1. The van der Waals surface area contributed by atoms with Crippen LogP contribution in [0.2, 0.25) is 0 Å². The number of hydrogen-bond donors (Lipinski definition) is 2. The van der Waals surface area contributed by atoms with Crippen LogP contribution in [0.25, 0.3) is 0 Å². The predicted octanol–water partition coefficient (Wildman–Crippen LogP) is 1.90. The first kappa shape index (κ1) is 16.6. The third-order valence-corrected chi connectivity index (χ3v) is 2.98. The lowest BCUT2D eigenvalue weighted by molar-refractivity contribution is 0.129. The molecular formula is C15H28N4O. The molecule has 1 heterocycles. The van der Waals surface area contributed by atoms with Crippen molar-refractivity contribution in [1.29, 1.82) is 0 Å². The van der Waals surface area contributed by atoms with Gasteiger partial charge >= 0.3 is 0 Å². The van der Waals surface area contributed by atoms with Crippen LogP contribution in [0.4, 0.5) is 0 Å². The molecule has 5 heteroatoms. The molecule has 1 aromatic heterocycles. The first-order chi connectivity index (χ1) is 9.76. The highest BCUT2D eigenvalue weighted by atomic mass is 16.5. The Hall–Kier alpha value is -1.49. The number of unbranched alkanes of at least 4 members (excludes halogenated alkanes) is 1. The third kappa shape index (κ3) is 7.19. The summed E-state index contributed by atoms with van der Waals surface area (Å²) >= 11 is 0. The van der Waals surface area contributed by atoms with Gasteiger partial charge in [0.15, 0.2) is 5.96 Å². The van der Waals surface area contributed by atoms with E-state index in [0.29, 0.717) is 0 Å². The van der Waals surface area contributed by atoms with Gasteiger partial charge in [-0.05, 0) is 24.5 Å². The lowest BCUT2D eigenvalue weighted by atomic mass is 10.3. The van der Waals surface area contributed by atoms with Crippen LogP contribution in [0, 0.1) is 0 Å². The zero-order valence-corrected chi connectivity index (χ0v) is 13.0. The highest BCUT2D eigenvalue weighted by Gasteiger charge is 1.99. The average molecular weight is 280 g/mol. The van der Waals surface area contributed by atoms with Crippen molar-refractivity contribution in [1.82, 2.24) is 15.2 Å². The van der Waals surface area contributed by atoms with E-state index in [4.69, 9.17) is 4.74 Å². The van der Waals surface area contributed by atoms with Crippen LogP contribution in [0.5, 0.6) is 0 Å². The standard InChI is InChI=1S/C15H28N4O/c1-4-5-10-20-11-6-8-17-15(16-2)18-12-14-7-9-19(3)13-14/h7,9,13H,4-6,8,10-12H2,1-3H3,(H2,16,17,18). The Morgan fingerprint density at radius 2 is 2.10 bits per heavy atom. The maximum Gasteiger partial charge on any atom is 0.191 e. The second-order valence-corrected chi connectivity index (χ2v) is 4.86. The van der Waals surface area contributed by atoms with Crippen molar-refractivity contribution in [3.63, 3.8) is 0 Å². The minimum Gasteiger partial charge on any atom is -0.381 e. The van der Waals surface area contributed by atoms with Gasteiger partial charge in [0.2, 0.25) is 0 Å². The van der Waals surface area contributed by atoms with Gasteiger partial charge in [0.1, 0.15) is 0 Å². The molecule has 0 fully saturated rings. The van der Waals surface area contributed by atoms with Crippen LogP contribution in [0.3, 0.4) is 0 Å². The van der Waals surface area contributed by atoms with E-state index in [0.717, 1.165) is 45.1 Å². The smallest absolute Gasteiger partial charge is 0.191 e. The van der Waals surface area contributed by atoms with Crippen molar-refractivity contribution in [2.24, 2.45) is 12.0 Å². The van der Waals surface area contributed by atoms with E-state index >= 15 is 0 Å². The van der Waals surface area contributed by atoms with Crippen molar-refractivity contribution in [2.75, 3.05) is 26.8 Å². The maximum absolute atomic E-state index is 5.52. The fourth-order valence-corrected chi connectivity index (χ4v) is 1.80. The van der Waals surface area contributed by atoms with Gasteiger partial charge in [-0.15, -0.1) is 0 Å². The summed E-state index contributed by atoms with van der Waals surface area (Å²) in [4.78, 5) is 4.20. The van der Waals surface area contributed by atoms with Gasteiger partial charge in [0.25, 0.3) is 0 Å². The Labute approximate surface area is 122 Å². The molecule has 0 saturated heterocycles. The number of ether oxygens (including phenoxy) is 1. The molecule has 5 nitrogen and oxygen atoms in total. The van der Waals surface area contributed by atoms with Gasteiger partial charge in [-0.25, -0.2) is 0 Å². The molecule has 0 atom stereocenters. The highest BCUT2D eigenvalue weighted by Crippen LogP contribution is 1.98. The Morgan fingerprint density at radius 3 is 2.75 bits per heavy atom. The molecule has 0 aliphatic heterocycles. The van der Waals surface area contributed by atoms with Crippen LogP contribution in [0.1, 0.15) is 31.7 Å². The number of aliphatic imine (C=N–C) groups is 1.